The fourth-order valence-electron chi connectivity index (χ4n) is 5.21. The van der Waals surface area contributed by atoms with Crippen LogP contribution in [0.5, 0.6) is 5.75 Å². The zero-order valence-electron chi connectivity index (χ0n) is 24.7. The van der Waals surface area contributed by atoms with Crippen molar-refractivity contribution in [3.63, 3.8) is 0 Å². The maximum Gasteiger partial charge on any atom is 0.416 e. The molecule has 0 bridgehead atoms. The molecule has 1 aliphatic carbocycles. The first kappa shape index (κ1) is 32.2. The number of imidazole rings is 1. The molecular weight excluding hydrogens is 577 g/mol. The maximum absolute atomic E-state index is 13.1. The molecular formula is C31H35F3N6O4. The number of aromatic nitrogens is 4. The SMILES string of the molecule is CCC.CCOc1cc(C(=O)Nc2cc(C(F)(F)F)ccn2)ccc1-c1nc([C@@H]2CCC[C@H](C(=O)O)C2)n2ccnc(N)c12. The van der Waals surface area contributed by atoms with Crippen LogP contribution < -0.4 is 15.8 Å². The molecule has 5 rings (SSSR count). The van der Waals surface area contributed by atoms with Crippen molar-refractivity contribution in [3.05, 3.63) is 65.9 Å². The average Bonchev–Trinajstić information content (AvgIpc) is 3.38. The first-order chi connectivity index (χ1) is 21.0. The number of anilines is 2. The number of halogens is 3. The number of pyridine rings is 1. The molecule has 13 heteroatoms. The summed E-state index contributed by atoms with van der Waals surface area (Å²) in [5, 5.41) is 12.0. The molecule has 1 saturated carbocycles. The van der Waals surface area contributed by atoms with Crippen LogP contribution in [0, 0.1) is 5.92 Å². The molecule has 1 amide bonds. The van der Waals surface area contributed by atoms with Crippen LogP contribution in [0.3, 0.4) is 0 Å². The molecule has 10 nitrogen and oxygen atoms in total. The lowest BCUT2D eigenvalue weighted by Crippen LogP contribution is -2.22. The Labute approximate surface area is 252 Å². The predicted molar refractivity (Wildman–Crippen MR) is 159 cm³/mol. The number of nitrogens with zero attached hydrogens (tertiary/aromatic N) is 4. The van der Waals surface area contributed by atoms with Crippen LogP contribution in [0.1, 0.15) is 80.5 Å². The van der Waals surface area contributed by atoms with Gasteiger partial charge in [0.2, 0.25) is 0 Å². The Kier molecular flexibility index (Phi) is 10.1. The predicted octanol–water partition coefficient (Wildman–Crippen LogP) is 6.82. The van der Waals surface area contributed by atoms with E-state index in [-0.39, 0.29) is 29.7 Å². The van der Waals surface area contributed by atoms with Gasteiger partial charge in [0.15, 0.2) is 0 Å². The number of carboxylic acids is 1. The minimum absolute atomic E-state index is 0.117. The number of carboxylic acid groups (broad SMARTS) is 1. The zero-order chi connectivity index (χ0) is 32.0. The number of aliphatic carboxylic acids is 1. The molecule has 1 aromatic carbocycles. The minimum Gasteiger partial charge on any atom is -0.493 e. The standard InChI is InChI=1S/C28H27F3N6O4.C3H8/c1-2-41-20-13-16(26(38)35-21-14-18(8-9-33-21)28(29,30)31)6-7-19(20)22-23-24(32)34-10-11-37(23)25(36-22)15-4-3-5-17(12-15)27(39)40;1-3-2/h6-11,13-15,17H,2-5,12H2,1H3,(H2,32,34)(H,39,40)(H,33,35,38);3H2,1-2H3/t15-,17+;/m1./s1. The van der Waals surface area contributed by atoms with Gasteiger partial charge in [-0.1, -0.05) is 26.7 Å². The fraction of sp³-hybridized carbons (Fsp3) is 0.387. The highest BCUT2D eigenvalue weighted by atomic mass is 19.4. The molecule has 4 aromatic rings. The quantitative estimate of drug-likeness (QED) is 0.206. The topological polar surface area (TPSA) is 145 Å². The maximum atomic E-state index is 13.1. The van der Waals surface area contributed by atoms with Crippen LogP contribution in [0.15, 0.2) is 48.9 Å². The molecule has 0 unspecified atom stereocenters. The highest BCUT2D eigenvalue weighted by molar-refractivity contribution is 6.04. The number of hydrogen-bond acceptors (Lipinski definition) is 7. The zero-order valence-corrected chi connectivity index (χ0v) is 24.7. The molecule has 0 aliphatic heterocycles. The Balaban J connectivity index is 0.00000141. The molecule has 0 spiro atoms. The van der Waals surface area contributed by atoms with E-state index in [9.17, 15) is 27.9 Å². The summed E-state index contributed by atoms with van der Waals surface area (Å²) in [6.45, 7) is 6.27. The van der Waals surface area contributed by atoms with E-state index in [1.807, 2.05) is 4.40 Å². The van der Waals surface area contributed by atoms with Gasteiger partial charge in [0.25, 0.3) is 5.91 Å². The van der Waals surface area contributed by atoms with Crippen molar-refractivity contribution in [2.75, 3.05) is 17.7 Å². The van der Waals surface area contributed by atoms with Gasteiger partial charge in [-0.2, -0.15) is 13.2 Å². The van der Waals surface area contributed by atoms with Crippen LogP contribution >= 0.6 is 0 Å². The fourth-order valence-corrected chi connectivity index (χ4v) is 5.21. The Morgan fingerprint density at radius 1 is 1.11 bits per heavy atom. The highest BCUT2D eigenvalue weighted by Gasteiger charge is 2.33. The Morgan fingerprint density at radius 3 is 2.55 bits per heavy atom. The summed E-state index contributed by atoms with van der Waals surface area (Å²) in [6, 6.07) is 6.17. The van der Waals surface area contributed by atoms with Gasteiger partial charge in [-0.05, 0) is 56.5 Å². The number of nitrogen functional groups attached to an aromatic ring is 1. The third-order valence-corrected chi connectivity index (χ3v) is 7.13. The molecule has 1 aliphatic rings. The molecule has 4 N–H and O–H groups in total. The van der Waals surface area contributed by atoms with E-state index in [0.717, 1.165) is 31.2 Å². The monoisotopic (exact) mass is 612 g/mol. The second-order valence-electron chi connectivity index (χ2n) is 10.5. The van der Waals surface area contributed by atoms with E-state index in [4.69, 9.17) is 15.5 Å². The first-order valence-electron chi connectivity index (χ1n) is 14.4. The lowest BCUT2D eigenvalue weighted by molar-refractivity contribution is -0.143. The smallest absolute Gasteiger partial charge is 0.416 e. The van der Waals surface area contributed by atoms with E-state index >= 15 is 0 Å². The van der Waals surface area contributed by atoms with E-state index in [1.54, 1.807) is 25.4 Å². The molecule has 3 heterocycles. The van der Waals surface area contributed by atoms with Crippen molar-refractivity contribution in [2.45, 2.75) is 65.0 Å². The number of nitrogens with two attached hydrogens (primary N) is 1. The third kappa shape index (κ3) is 7.09. The van der Waals surface area contributed by atoms with Crippen molar-refractivity contribution >= 4 is 29.0 Å². The molecule has 44 heavy (non-hydrogen) atoms. The van der Waals surface area contributed by atoms with Gasteiger partial charge in [-0.15, -0.1) is 0 Å². The van der Waals surface area contributed by atoms with Crippen LogP contribution in [-0.2, 0) is 11.0 Å². The Hall–Kier alpha value is -4.68. The highest BCUT2D eigenvalue weighted by Crippen LogP contribution is 2.41. The van der Waals surface area contributed by atoms with Gasteiger partial charge in [0, 0.05) is 35.6 Å². The second-order valence-corrected chi connectivity index (χ2v) is 10.5. The summed E-state index contributed by atoms with van der Waals surface area (Å²) >= 11 is 0. The van der Waals surface area contributed by atoms with Gasteiger partial charge in [0.1, 0.15) is 34.4 Å². The number of alkyl halides is 3. The van der Waals surface area contributed by atoms with Crippen LogP contribution in [0.25, 0.3) is 16.8 Å². The van der Waals surface area contributed by atoms with Gasteiger partial charge < -0.3 is 20.9 Å². The molecule has 0 radical (unpaired) electrons. The summed E-state index contributed by atoms with van der Waals surface area (Å²) in [6.07, 6.45) is 3.49. The third-order valence-electron chi connectivity index (χ3n) is 7.13. The summed E-state index contributed by atoms with van der Waals surface area (Å²) in [5.41, 5.74) is 6.98. The average molecular weight is 613 g/mol. The van der Waals surface area contributed by atoms with Crippen LogP contribution in [0.4, 0.5) is 24.8 Å². The summed E-state index contributed by atoms with van der Waals surface area (Å²) in [7, 11) is 0. The molecule has 1 fully saturated rings. The number of amides is 1. The number of benzene rings is 1. The Morgan fingerprint density at radius 2 is 1.86 bits per heavy atom. The van der Waals surface area contributed by atoms with Crippen LogP contribution in [0.2, 0.25) is 0 Å². The van der Waals surface area contributed by atoms with Gasteiger partial charge in [-0.3, -0.25) is 14.0 Å². The van der Waals surface area contributed by atoms with Crippen molar-refractivity contribution < 1.29 is 32.6 Å². The number of carbonyl (C=O) groups is 2. The normalized spacial score (nSPS) is 16.6. The summed E-state index contributed by atoms with van der Waals surface area (Å²) in [4.78, 5) is 37.6. The number of fused-ring (bicyclic) bond motifs is 1. The first-order valence-corrected chi connectivity index (χ1v) is 14.4. The van der Waals surface area contributed by atoms with Crippen LogP contribution in [-0.4, -0.2) is 42.9 Å². The number of hydrogen-bond donors (Lipinski definition) is 3. The number of ether oxygens (including phenoxy) is 1. The van der Waals surface area contributed by atoms with Gasteiger partial charge >= 0.3 is 12.1 Å². The van der Waals surface area contributed by atoms with E-state index in [0.29, 0.717) is 41.2 Å². The van der Waals surface area contributed by atoms with E-state index in [1.165, 1.54) is 18.6 Å². The number of nitrogens with one attached hydrogen (secondary N) is 1. The van der Waals surface area contributed by atoms with E-state index < -0.39 is 29.5 Å². The van der Waals surface area contributed by atoms with Crippen molar-refractivity contribution in [2.24, 2.45) is 5.92 Å². The Bertz CT molecular complexity index is 1640. The second kappa shape index (κ2) is 13.7. The number of rotatable bonds is 7. The van der Waals surface area contributed by atoms with Crippen molar-refractivity contribution in [1.29, 1.82) is 0 Å². The van der Waals surface area contributed by atoms with E-state index in [2.05, 4.69) is 29.1 Å². The van der Waals surface area contributed by atoms with Gasteiger partial charge in [-0.25, -0.2) is 15.0 Å². The number of carbonyl (C=O) groups excluding carboxylic acids is 1. The molecule has 3 aromatic heterocycles. The molecule has 2 atom stereocenters. The molecule has 234 valence electrons. The lowest BCUT2D eigenvalue weighted by atomic mass is 9.81. The molecule has 0 saturated heterocycles. The lowest BCUT2D eigenvalue weighted by Gasteiger charge is -2.25. The largest absolute Gasteiger partial charge is 0.493 e. The summed E-state index contributed by atoms with van der Waals surface area (Å²) < 4.78 is 46.9. The van der Waals surface area contributed by atoms with Crippen molar-refractivity contribution in [3.8, 4) is 17.0 Å². The van der Waals surface area contributed by atoms with Crippen molar-refractivity contribution in [1.82, 2.24) is 19.4 Å². The minimum atomic E-state index is -4.58. The summed E-state index contributed by atoms with van der Waals surface area (Å²) in [5.74, 6) is -1.16. The van der Waals surface area contributed by atoms with Gasteiger partial charge in [0.05, 0.1) is 18.1 Å².